The van der Waals surface area contributed by atoms with Gasteiger partial charge in [0.1, 0.15) is 5.82 Å². The van der Waals surface area contributed by atoms with Crippen LogP contribution in [0.25, 0.3) is 11.0 Å². The van der Waals surface area contributed by atoms with Crippen molar-refractivity contribution >= 4 is 16.9 Å². The molecule has 1 aliphatic carbocycles. The molecule has 1 aromatic carbocycles. The standard InChI is InChI=1S/C14H16FN3O2/c15-10-5-6-11-12(7-10)20-18-13(11)8-1-3-9(4-2-8)14(19)17-16/h5-9H,1-4,16H2,(H,17,19)/t8-,9-. The molecule has 0 radical (unpaired) electrons. The van der Waals surface area contributed by atoms with Crippen LogP contribution in [0.5, 0.6) is 0 Å². The van der Waals surface area contributed by atoms with E-state index in [2.05, 4.69) is 10.6 Å². The Labute approximate surface area is 115 Å². The van der Waals surface area contributed by atoms with Gasteiger partial charge < -0.3 is 4.52 Å². The Morgan fingerprint density at radius 3 is 2.80 bits per heavy atom. The van der Waals surface area contributed by atoms with E-state index < -0.39 is 0 Å². The molecule has 0 spiro atoms. The Bertz CT molecular complexity index is 632. The van der Waals surface area contributed by atoms with Gasteiger partial charge in [0.25, 0.3) is 0 Å². The zero-order valence-corrected chi connectivity index (χ0v) is 10.9. The number of amides is 1. The van der Waals surface area contributed by atoms with Gasteiger partial charge in [-0.3, -0.25) is 10.2 Å². The van der Waals surface area contributed by atoms with E-state index in [1.807, 2.05) is 0 Å². The van der Waals surface area contributed by atoms with E-state index in [9.17, 15) is 9.18 Å². The topological polar surface area (TPSA) is 81.1 Å². The van der Waals surface area contributed by atoms with Crippen LogP contribution >= 0.6 is 0 Å². The van der Waals surface area contributed by atoms with Crippen molar-refractivity contribution in [3.8, 4) is 0 Å². The van der Waals surface area contributed by atoms with E-state index in [4.69, 9.17) is 10.4 Å². The van der Waals surface area contributed by atoms with Crippen LogP contribution in [0.4, 0.5) is 4.39 Å². The van der Waals surface area contributed by atoms with Crippen molar-refractivity contribution < 1.29 is 13.7 Å². The lowest BCUT2D eigenvalue weighted by atomic mass is 9.79. The fourth-order valence-electron chi connectivity index (χ4n) is 2.97. The monoisotopic (exact) mass is 277 g/mol. The van der Waals surface area contributed by atoms with E-state index >= 15 is 0 Å². The Kier molecular flexibility index (Phi) is 3.40. The Morgan fingerprint density at radius 1 is 1.35 bits per heavy atom. The summed E-state index contributed by atoms with van der Waals surface area (Å²) in [6.45, 7) is 0. The second kappa shape index (κ2) is 5.20. The van der Waals surface area contributed by atoms with Gasteiger partial charge in [0, 0.05) is 23.3 Å². The summed E-state index contributed by atoms with van der Waals surface area (Å²) in [5.74, 6) is 4.96. The molecule has 0 aliphatic heterocycles. The maximum atomic E-state index is 13.1. The predicted octanol–water partition coefficient (Wildman–Crippen LogP) is 2.23. The second-order valence-corrected chi connectivity index (χ2v) is 5.27. The molecule has 1 saturated carbocycles. The minimum absolute atomic E-state index is 0.0214. The van der Waals surface area contributed by atoms with Crippen LogP contribution in [0.3, 0.4) is 0 Å². The molecule has 1 aliphatic rings. The number of benzene rings is 1. The zero-order valence-electron chi connectivity index (χ0n) is 10.9. The molecule has 6 heteroatoms. The Balaban J connectivity index is 1.78. The van der Waals surface area contributed by atoms with Gasteiger partial charge >= 0.3 is 0 Å². The number of aromatic nitrogens is 1. The average Bonchev–Trinajstić information content (AvgIpc) is 2.89. The van der Waals surface area contributed by atoms with Crippen LogP contribution in [0.2, 0.25) is 0 Å². The summed E-state index contributed by atoms with van der Waals surface area (Å²) in [6, 6.07) is 4.46. The van der Waals surface area contributed by atoms with Crippen molar-refractivity contribution in [3.05, 3.63) is 29.7 Å². The maximum Gasteiger partial charge on any atom is 0.236 e. The van der Waals surface area contributed by atoms with Gasteiger partial charge in [-0.15, -0.1) is 0 Å². The summed E-state index contributed by atoms with van der Waals surface area (Å²) < 4.78 is 18.3. The van der Waals surface area contributed by atoms with Crippen molar-refractivity contribution in [2.24, 2.45) is 11.8 Å². The van der Waals surface area contributed by atoms with Gasteiger partial charge in [-0.25, -0.2) is 10.2 Å². The highest BCUT2D eigenvalue weighted by Crippen LogP contribution is 2.38. The molecule has 0 bridgehead atoms. The van der Waals surface area contributed by atoms with E-state index in [0.29, 0.717) is 5.58 Å². The summed E-state index contributed by atoms with van der Waals surface area (Å²) in [4.78, 5) is 11.5. The number of hydrogen-bond donors (Lipinski definition) is 2. The predicted molar refractivity (Wildman–Crippen MR) is 71.0 cm³/mol. The van der Waals surface area contributed by atoms with Crippen molar-refractivity contribution in [2.45, 2.75) is 31.6 Å². The first-order valence-electron chi connectivity index (χ1n) is 6.74. The third-order valence-corrected chi connectivity index (χ3v) is 4.09. The van der Waals surface area contributed by atoms with Gasteiger partial charge in [0.05, 0.1) is 5.69 Å². The van der Waals surface area contributed by atoms with Crippen molar-refractivity contribution in [3.63, 3.8) is 0 Å². The van der Waals surface area contributed by atoms with Gasteiger partial charge in [-0.2, -0.15) is 0 Å². The first kappa shape index (κ1) is 13.1. The molecule has 1 amide bonds. The summed E-state index contributed by atoms with van der Waals surface area (Å²) in [7, 11) is 0. The number of nitrogens with two attached hydrogens (primary N) is 1. The molecular formula is C14H16FN3O2. The van der Waals surface area contributed by atoms with Crippen LogP contribution in [-0.4, -0.2) is 11.1 Å². The second-order valence-electron chi connectivity index (χ2n) is 5.27. The smallest absolute Gasteiger partial charge is 0.236 e. The van der Waals surface area contributed by atoms with E-state index in [-0.39, 0.29) is 23.6 Å². The quantitative estimate of drug-likeness (QED) is 0.501. The van der Waals surface area contributed by atoms with E-state index in [0.717, 1.165) is 36.8 Å². The van der Waals surface area contributed by atoms with Crippen LogP contribution in [0.1, 0.15) is 37.3 Å². The van der Waals surface area contributed by atoms with Gasteiger partial charge in [-0.05, 0) is 37.8 Å². The fraction of sp³-hybridized carbons (Fsp3) is 0.429. The van der Waals surface area contributed by atoms with Crippen molar-refractivity contribution in [2.75, 3.05) is 0 Å². The summed E-state index contributed by atoms with van der Waals surface area (Å²) in [6.07, 6.45) is 3.28. The number of hydrogen-bond acceptors (Lipinski definition) is 4. The Morgan fingerprint density at radius 2 is 2.10 bits per heavy atom. The Hall–Kier alpha value is -1.95. The molecule has 3 N–H and O–H groups in total. The van der Waals surface area contributed by atoms with Crippen LogP contribution in [0, 0.1) is 11.7 Å². The molecule has 5 nitrogen and oxygen atoms in total. The number of rotatable bonds is 2. The van der Waals surface area contributed by atoms with Crippen LogP contribution < -0.4 is 11.3 Å². The molecule has 1 fully saturated rings. The molecule has 20 heavy (non-hydrogen) atoms. The average molecular weight is 277 g/mol. The number of carbonyl (C=O) groups is 1. The molecule has 0 atom stereocenters. The lowest BCUT2D eigenvalue weighted by Crippen LogP contribution is -2.37. The largest absolute Gasteiger partial charge is 0.356 e. The first-order valence-corrected chi connectivity index (χ1v) is 6.74. The normalized spacial score (nSPS) is 22.9. The van der Waals surface area contributed by atoms with Crippen LogP contribution in [0.15, 0.2) is 22.7 Å². The third-order valence-electron chi connectivity index (χ3n) is 4.09. The minimum Gasteiger partial charge on any atom is -0.356 e. The fourth-order valence-corrected chi connectivity index (χ4v) is 2.97. The van der Waals surface area contributed by atoms with Gasteiger partial charge in [0.15, 0.2) is 5.58 Å². The number of fused-ring (bicyclic) bond motifs is 1. The number of nitrogens with zero attached hydrogens (tertiary/aromatic N) is 1. The molecule has 3 rings (SSSR count). The molecule has 1 heterocycles. The van der Waals surface area contributed by atoms with Gasteiger partial charge in [-0.1, -0.05) is 5.16 Å². The number of hydrazine groups is 1. The molecule has 1 aromatic heterocycles. The number of carbonyl (C=O) groups excluding carboxylic acids is 1. The molecule has 0 saturated heterocycles. The molecule has 2 aromatic rings. The SMILES string of the molecule is NNC(=O)[C@H]1CC[C@H](c2noc3cc(F)ccc32)CC1. The number of nitrogens with one attached hydrogen (secondary N) is 1. The van der Waals surface area contributed by atoms with E-state index in [1.54, 1.807) is 6.07 Å². The lowest BCUT2D eigenvalue weighted by molar-refractivity contribution is -0.126. The highest BCUT2D eigenvalue weighted by atomic mass is 19.1. The van der Waals surface area contributed by atoms with Crippen molar-refractivity contribution in [1.82, 2.24) is 10.6 Å². The molecule has 0 unspecified atom stereocenters. The zero-order chi connectivity index (χ0) is 14.1. The summed E-state index contributed by atoms with van der Waals surface area (Å²) >= 11 is 0. The molecular weight excluding hydrogens is 261 g/mol. The highest BCUT2D eigenvalue weighted by Gasteiger charge is 2.29. The number of halogens is 1. The van der Waals surface area contributed by atoms with E-state index in [1.165, 1.54) is 12.1 Å². The minimum atomic E-state index is -0.330. The van der Waals surface area contributed by atoms with Gasteiger partial charge in [0.2, 0.25) is 5.91 Å². The maximum absolute atomic E-state index is 13.1. The highest BCUT2D eigenvalue weighted by molar-refractivity contribution is 5.80. The summed E-state index contributed by atoms with van der Waals surface area (Å²) in [5, 5.41) is 4.94. The first-order chi connectivity index (χ1) is 9.69. The summed E-state index contributed by atoms with van der Waals surface area (Å²) in [5.41, 5.74) is 3.55. The lowest BCUT2D eigenvalue weighted by Gasteiger charge is -2.26. The molecule has 106 valence electrons. The van der Waals surface area contributed by atoms with Crippen LogP contribution in [-0.2, 0) is 4.79 Å². The van der Waals surface area contributed by atoms with Crippen molar-refractivity contribution in [1.29, 1.82) is 0 Å². The third kappa shape index (κ3) is 2.27.